The molecule has 1 aromatic rings. The van der Waals surface area contributed by atoms with Gasteiger partial charge in [-0.1, -0.05) is 49.8 Å². The predicted octanol–water partition coefficient (Wildman–Crippen LogP) is 2.65. The van der Waals surface area contributed by atoms with E-state index in [1.54, 1.807) is 12.1 Å². The maximum absolute atomic E-state index is 14.7. The summed E-state index contributed by atoms with van der Waals surface area (Å²) in [7, 11) is -2.41. The maximum Gasteiger partial charge on any atom is 0.500 e. The van der Waals surface area contributed by atoms with Gasteiger partial charge in [0.1, 0.15) is 0 Å². The van der Waals surface area contributed by atoms with Gasteiger partial charge in [0.05, 0.1) is 0 Å². The van der Waals surface area contributed by atoms with E-state index < -0.39 is 18.9 Å². The molecule has 2 rings (SSSR count). The zero-order valence-electron chi connectivity index (χ0n) is 11.3. The smallest absolute Gasteiger partial charge is 0.425 e. The molecule has 1 aromatic carbocycles. The van der Waals surface area contributed by atoms with E-state index in [2.05, 4.69) is 6.92 Å². The van der Waals surface area contributed by atoms with Crippen molar-refractivity contribution in [2.45, 2.75) is 31.5 Å². The molecule has 2 nitrogen and oxygen atoms in total. The van der Waals surface area contributed by atoms with Crippen LogP contribution in [0.4, 0.5) is 8.78 Å². The number of hydrogen-bond acceptors (Lipinski definition) is 2. The molecule has 0 amide bonds. The fourth-order valence-electron chi connectivity index (χ4n) is 2.40. The van der Waals surface area contributed by atoms with Crippen molar-refractivity contribution in [3.05, 3.63) is 53.6 Å². The minimum atomic E-state index is -2.83. The lowest BCUT2D eigenvalue weighted by molar-refractivity contribution is 0.164. The van der Waals surface area contributed by atoms with E-state index in [0.717, 1.165) is 24.5 Å². The first-order valence-corrected chi connectivity index (χ1v) is 6.67. The van der Waals surface area contributed by atoms with Crippen LogP contribution < -0.4 is 0 Å². The SMILES string of the molecule is CCCc1ccc(C2=CC=CC(F)C2(F)B(O)O)cc1. The lowest BCUT2D eigenvalue weighted by Crippen LogP contribution is -2.51. The van der Waals surface area contributed by atoms with Crippen LogP contribution in [0.15, 0.2) is 42.5 Å². The minimum absolute atomic E-state index is 0.0504. The average molecular weight is 278 g/mol. The van der Waals surface area contributed by atoms with Crippen molar-refractivity contribution in [2.24, 2.45) is 0 Å². The second-order valence-corrected chi connectivity index (χ2v) is 4.96. The Labute approximate surface area is 117 Å². The fourth-order valence-corrected chi connectivity index (χ4v) is 2.40. The highest BCUT2D eigenvalue weighted by Crippen LogP contribution is 2.39. The first-order valence-electron chi connectivity index (χ1n) is 6.67. The summed E-state index contributed by atoms with van der Waals surface area (Å²) in [5.41, 5.74) is -1.33. The van der Waals surface area contributed by atoms with Crippen LogP contribution in [0.25, 0.3) is 5.57 Å². The van der Waals surface area contributed by atoms with Crippen molar-refractivity contribution in [2.75, 3.05) is 0 Å². The molecule has 0 aromatic heterocycles. The van der Waals surface area contributed by atoms with Gasteiger partial charge in [0.2, 0.25) is 5.57 Å². The quantitative estimate of drug-likeness (QED) is 0.831. The summed E-state index contributed by atoms with van der Waals surface area (Å²) in [4.78, 5) is 0. The van der Waals surface area contributed by atoms with Gasteiger partial charge in [-0.2, -0.15) is 0 Å². The minimum Gasteiger partial charge on any atom is -0.425 e. The van der Waals surface area contributed by atoms with Gasteiger partial charge in [0, 0.05) is 0 Å². The average Bonchev–Trinajstić information content (AvgIpc) is 2.43. The normalized spacial score (nSPS) is 25.4. The van der Waals surface area contributed by atoms with E-state index in [4.69, 9.17) is 0 Å². The highest BCUT2D eigenvalue weighted by molar-refractivity contribution is 6.49. The van der Waals surface area contributed by atoms with Crippen molar-refractivity contribution >= 4 is 12.7 Å². The van der Waals surface area contributed by atoms with Gasteiger partial charge >= 0.3 is 7.12 Å². The third kappa shape index (κ3) is 2.56. The highest BCUT2D eigenvalue weighted by Gasteiger charge is 2.53. The first-order chi connectivity index (χ1) is 9.50. The van der Waals surface area contributed by atoms with Crippen molar-refractivity contribution in [1.29, 1.82) is 0 Å². The Morgan fingerprint density at radius 2 is 1.90 bits per heavy atom. The Hall–Kier alpha value is -1.46. The standard InChI is InChI=1S/C15H17BF2O2/c1-2-4-11-7-9-12(10-8-11)13-5-3-6-14(17)15(13,18)16(19)20/h3,5-10,14,19-20H,2,4H2,1H3. The molecule has 2 unspecified atom stereocenters. The van der Waals surface area contributed by atoms with E-state index in [9.17, 15) is 18.8 Å². The number of rotatable bonds is 4. The molecule has 1 aliphatic carbocycles. The second-order valence-electron chi connectivity index (χ2n) is 4.96. The highest BCUT2D eigenvalue weighted by atomic mass is 19.2. The van der Waals surface area contributed by atoms with Gasteiger partial charge in [-0.05, 0) is 29.2 Å². The van der Waals surface area contributed by atoms with Crippen LogP contribution in [0.5, 0.6) is 0 Å². The summed E-state index contributed by atoms with van der Waals surface area (Å²) >= 11 is 0. The molecule has 0 saturated heterocycles. The zero-order valence-corrected chi connectivity index (χ0v) is 11.3. The van der Waals surface area contributed by atoms with Crippen molar-refractivity contribution < 1.29 is 18.8 Å². The Balaban J connectivity index is 2.38. The Kier molecular flexibility index (Phi) is 4.40. The summed E-state index contributed by atoms with van der Waals surface area (Å²) in [6.45, 7) is 2.06. The van der Waals surface area contributed by atoms with Crippen LogP contribution in [-0.4, -0.2) is 28.9 Å². The molecule has 20 heavy (non-hydrogen) atoms. The number of hydrogen-bond donors (Lipinski definition) is 2. The fraction of sp³-hybridized carbons (Fsp3) is 0.333. The largest absolute Gasteiger partial charge is 0.500 e. The van der Waals surface area contributed by atoms with Crippen LogP contribution in [0.3, 0.4) is 0 Å². The van der Waals surface area contributed by atoms with Crippen molar-refractivity contribution in [3.63, 3.8) is 0 Å². The van der Waals surface area contributed by atoms with Crippen LogP contribution in [0.2, 0.25) is 0 Å². The van der Waals surface area contributed by atoms with E-state index in [1.165, 1.54) is 12.2 Å². The third-order valence-corrected chi connectivity index (χ3v) is 3.54. The van der Waals surface area contributed by atoms with Crippen molar-refractivity contribution in [3.8, 4) is 0 Å². The first kappa shape index (κ1) is 14.9. The summed E-state index contributed by atoms with van der Waals surface area (Å²) in [5.74, 6) is 0. The van der Waals surface area contributed by atoms with Crippen molar-refractivity contribution in [1.82, 2.24) is 0 Å². The lowest BCUT2D eigenvalue weighted by atomic mass is 9.60. The Morgan fingerprint density at radius 3 is 2.45 bits per heavy atom. The lowest BCUT2D eigenvalue weighted by Gasteiger charge is -2.31. The number of aryl methyl sites for hydroxylation is 1. The number of allylic oxidation sites excluding steroid dienone is 4. The molecular weight excluding hydrogens is 261 g/mol. The van der Waals surface area contributed by atoms with E-state index in [1.807, 2.05) is 12.1 Å². The van der Waals surface area contributed by atoms with E-state index in [-0.39, 0.29) is 5.57 Å². The second kappa shape index (κ2) is 5.89. The molecule has 0 spiro atoms. The van der Waals surface area contributed by atoms with Gasteiger partial charge in [-0.3, -0.25) is 0 Å². The molecule has 0 radical (unpaired) electrons. The number of benzene rings is 1. The predicted molar refractivity (Wildman–Crippen MR) is 76.5 cm³/mol. The molecule has 0 fully saturated rings. The third-order valence-electron chi connectivity index (χ3n) is 3.54. The summed E-state index contributed by atoms with van der Waals surface area (Å²) < 4.78 is 28.5. The summed E-state index contributed by atoms with van der Waals surface area (Å²) in [6, 6.07) is 7.05. The van der Waals surface area contributed by atoms with Gasteiger partial charge in [0.25, 0.3) is 0 Å². The molecule has 0 heterocycles. The molecule has 2 atom stereocenters. The van der Waals surface area contributed by atoms with Gasteiger partial charge < -0.3 is 10.0 Å². The van der Waals surface area contributed by atoms with Gasteiger partial charge in [-0.15, -0.1) is 0 Å². The Bertz CT molecular complexity index is 525. The topological polar surface area (TPSA) is 40.5 Å². The van der Waals surface area contributed by atoms with Gasteiger partial charge in [-0.25, -0.2) is 8.78 Å². The Morgan fingerprint density at radius 1 is 1.25 bits per heavy atom. The van der Waals surface area contributed by atoms with Crippen LogP contribution in [0, 0.1) is 0 Å². The molecule has 0 aliphatic heterocycles. The zero-order chi connectivity index (χ0) is 14.8. The molecule has 0 bridgehead atoms. The maximum atomic E-state index is 14.7. The molecule has 1 aliphatic rings. The van der Waals surface area contributed by atoms with E-state index in [0.29, 0.717) is 5.56 Å². The monoisotopic (exact) mass is 278 g/mol. The number of halogens is 2. The van der Waals surface area contributed by atoms with Crippen LogP contribution >= 0.6 is 0 Å². The molecule has 106 valence electrons. The van der Waals surface area contributed by atoms with Crippen LogP contribution in [-0.2, 0) is 6.42 Å². The molecule has 0 saturated carbocycles. The number of alkyl halides is 2. The summed E-state index contributed by atoms with van der Waals surface area (Å²) in [5, 5.41) is 18.5. The van der Waals surface area contributed by atoms with E-state index >= 15 is 0 Å². The molecular formula is C15H17BF2O2. The molecule has 5 heteroatoms. The summed E-state index contributed by atoms with van der Waals surface area (Å²) in [6.07, 6.45) is 3.57. The van der Waals surface area contributed by atoms with Gasteiger partial charge in [0.15, 0.2) is 6.17 Å². The molecule has 2 N–H and O–H groups in total. The van der Waals surface area contributed by atoms with Crippen LogP contribution in [0.1, 0.15) is 24.5 Å².